The topological polar surface area (TPSA) is 58.6 Å². The van der Waals surface area contributed by atoms with Gasteiger partial charge in [-0.15, -0.1) is 0 Å². The van der Waals surface area contributed by atoms with Crippen LogP contribution in [-0.4, -0.2) is 35.6 Å². The number of hydrogen-bond acceptors (Lipinski definition) is 3. The van der Waals surface area contributed by atoms with Crippen molar-refractivity contribution in [3.05, 3.63) is 11.3 Å². The van der Waals surface area contributed by atoms with Crippen LogP contribution in [0.1, 0.15) is 85.5 Å². The lowest BCUT2D eigenvalue weighted by molar-refractivity contribution is -0.133. The summed E-state index contributed by atoms with van der Waals surface area (Å²) in [6, 6.07) is 0. The van der Waals surface area contributed by atoms with Crippen LogP contribution >= 0.6 is 0 Å². The Morgan fingerprint density at radius 3 is 2.33 bits per heavy atom. The lowest BCUT2D eigenvalue weighted by Crippen LogP contribution is -2.50. The molecule has 0 aromatic rings. The fourth-order valence-electron chi connectivity index (χ4n) is 4.80. The number of rotatable bonds is 1. The highest BCUT2D eigenvalue weighted by Gasteiger charge is 2.44. The molecule has 1 spiro atoms. The molecule has 1 saturated heterocycles. The number of ether oxygens (including phenoxy) is 1. The van der Waals surface area contributed by atoms with Crippen LogP contribution in [0.15, 0.2) is 11.3 Å². The number of piperidine rings is 1. The van der Waals surface area contributed by atoms with Gasteiger partial charge < -0.3 is 15.0 Å². The Morgan fingerprint density at radius 2 is 1.74 bits per heavy atom. The van der Waals surface area contributed by atoms with Gasteiger partial charge in [-0.2, -0.15) is 0 Å². The van der Waals surface area contributed by atoms with E-state index in [9.17, 15) is 9.59 Å². The second-order valence-corrected chi connectivity index (χ2v) is 9.73. The van der Waals surface area contributed by atoms with Gasteiger partial charge in [-0.25, -0.2) is 4.79 Å². The number of hydrogen-bond donors (Lipinski definition) is 1. The molecule has 1 saturated carbocycles. The highest BCUT2D eigenvalue weighted by molar-refractivity contribution is 5.85. The van der Waals surface area contributed by atoms with Gasteiger partial charge in [0.25, 0.3) is 0 Å². The molecule has 3 rings (SSSR count). The van der Waals surface area contributed by atoms with Crippen LogP contribution in [0.2, 0.25) is 0 Å². The van der Waals surface area contributed by atoms with Crippen molar-refractivity contribution in [2.75, 3.05) is 13.1 Å². The van der Waals surface area contributed by atoms with Crippen LogP contribution in [-0.2, 0) is 9.53 Å². The van der Waals surface area contributed by atoms with E-state index in [1.165, 1.54) is 43.4 Å². The van der Waals surface area contributed by atoms with Crippen LogP contribution in [0.5, 0.6) is 0 Å². The van der Waals surface area contributed by atoms with Crippen molar-refractivity contribution in [1.82, 2.24) is 10.2 Å². The van der Waals surface area contributed by atoms with Crippen LogP contribution in [0.3, 0.4) is 0 Å². The number of carbonyl (C=O) groups is 2. The van der Waals surface area contributed by atoms with Gasteiger partial charge in [0, 0.05) is 18.8 Å². The van der Waals surface area contributed by atoms with Crippen LogP contribution in [0, 0.1) is 11.3 Å². The molecular weight excluding hydrogens is 340 g/mol. The zero-order valence-electron chi connectivity index (χ0n) is 17.5. The minimum absolute atomic E-state index is 0.184. The van der Waals surface area contributed by atoms with E-state index in [1.54, 1.807) is 4.90 Å². The molecule has 152 valence electrons. The van der Waals surface area contributed by atoms with Crippen LogP contribution < -0.4 is 5.32 Å². The Balaban J connectivity index is 1.64. The molecule has 2 aliphatic heterocycles. The monoisotopic (exact) mass is 376 g/mol. The zero-order chi connectivity index (χ0) is 19.7. The fourth-order valence-corrected chi connectivity index (χ4v) is 4.80. The Labute approximate surface area is 163 Å². The van der Waals surface area contributed by atoms with E-state index in [4.69, 9.17) is 4.74 Å². The summed E-state index contributed by atoms with van der Waals surface area (Å²) in [5, 5.41) is 3.35. The molecule has 0 atom stereocenters. The summed E-state index contributed by atoms with van der Waals surface area (Å²) in [7, 11) is 0. The Hall–Kier alpha value is -1.52. The van der Waals surface area contributed by atoms with Gasteiger partial charge in [-0.05, 0) is 72.1 Å². The molecule has 5 nitrogen and oxygen atoms in total. The fraction of sp³-hybridized carbons (Fsp3) is 0.818. The van der Waals surface area contributed by atoms with E-state index < -0.39 is 5.60 Å². The lowest BCUT2D eigenvalue weighted by Gasteiger charge is -2.40. The highest BCUT2D eigenvalue weighted by Crippen LogP contribution is 2.42. The summed E-state index contributed by atoms with van der Waals surface area (Å²) in [6.07, 6.45) is 9.33. The van der Waals surface area contributed by atoms with Gasteiger partial charge in [0.1, 0.15) is 5.60 Å². The third kappa shape index (κ3) is 4.67. The summed E-state index contributed by atoms with van der Waals surface area (Å²) in [5.41, 5.74) is 1.76. The van der Waals surface area contributed by atoms with Crippen molar-refractivity contribution < 1.29 is 14.3 Å². The molecule has 27 heavy (non-hydrogen) atoms. The second kappa shape index (κ2) is 7.84. The van der Waals surface area contributed by atoms with Crippen molar-refractivity contribution >= 4 is 12.0 Å². The summed E-state index contributed by atoms with van der Waals surface area (Å²) in [4.78, 5) is 27.3. The molecule has 0 aromatic heterocycles. The first kappa shape index (κ1) is 20.2. The quantitative estimate of drug-likeness (QED) is 0.717. The molecule has 5 heteroatoms. The van der Waals surface area contributed by atoms with Crippen molar-refractivity contribution in [2.45, 2.75) is 91.1 Å². The maximum Gasteiger partial charge on any atom is 0.410 e. The smallest absolute Gasteiger partial charge is 0.410 e. The molecule has 0 bridgehead atoms. The van der Waals surface area contributed by atoms with Crippen molar-refractivity contribution in [2.24, 2.45) is 11.3 Å². The Bertz CT molecular complexity index is 604. The minimum atomic E-state index is -0.484. The molecule has 2 fully saturated rings. The number of nitrogens with one attached hydrogen (secondary N) is 1. The van der Waals surface area contributed by atoms with Gasteiger partial charge >= 0.3 is 6.09 Å². The average Bonchev–Trinajstić information content (AvgIpc) is 2.74. The summed E-state index contributed by atoms with van der Waals surface area (Å²) in [6.45, 7) is 9.04. The summed E-state index contributed by atoms with van der Waals surface area (Å²) in [5.74, 6) is 0.712. The first-order valence-electron chi connectivity index (χ1n) is 10.7. The molecule has 0 unspecified atom stereocenters. The molecule has 1 aliphatic carbocycles. The highest BCUT2D eigenvalue weighted by atomic mass is 16.6. The SMILES string of the molecule is CC1=C(C2CCCCC2)NC(=O)C2(CC1)CCN(C(=O)OC(C)(C)C)CC2. The first-order valence-corrected chi connectivity index (χ1v) is 10.7. The number of likely N-dealkylation sites (tertiary alicyclic amines) is 1. The molecule has 0 aromatic carbocycles. The largest absolute Gasteiger partial charge is 0.444 e. The predicted molar refractivity (Wildman–Crippen MR) is 106 cm³/mol. The third-order valence-electron chi connectivity index (χ3n) is 6.55. The van der Waals surface area contributed by atoms with Crippen molar-refractivity contribution in [3.63, 3.8) is 0 Å². The lowest BCUT2D eigenvalue weighted by atomic mass is 9.74. The van der Waals surface area contributed by atoms with Gasteiger partial charge in [0.2, 0.25) is 5.91 Å². The maximum absolute atomic E-state index is 13.2. The first-order chi connectivity index (χ1) is 12.7. The number of allylic oxidation sites excluding steroid dienone is 2. The van der Waals surface area contributed by atoms with Gasteiger partial charge in [0.05, 0.1) is 5.41 Å². The summed E-state index contributed by atoms with van der Waals surface area (Å²) < 4.78 is 5.50. The van der Waals surface area contributed by atoms with Gasteiger partial charge in [-0.1, -0.05) is 24.8 Å². The Kier molecular flexibility index (Phi) is 5.87. The van der Waals surface area contributed by atoms with Gasteiger partial charge in [0.15, 0.2) is 0 Å². The minimum Gasteiger partial charge on any atom is -0.444 e. The van der Waals surface area contributed by atoms with Crippen LogP contribution in [0.25, 0.3) is 0 Å². The van der Waals surface area contributed by atoms with E-state index in [0.717, 1.165) is 25.7 Å². The molecule has 1 N–H and O–H groups in total. The normalized spacial score (nSPS) is 24.6. The van der Waals surface area contributed by atoms with E-state index in [-0.39, 0.29) is 17.4 Å². The van der Waals surface area contributed by atoms with Crippen molar-refractivity contribution in [1.29, 1.82) is 0 Å². The van der Waals surface area contributed by atoms with Crippen molar-refractivity contribution in [3.8, 4) is 0 Å². The third-order valence-corrected chi connectivity index (χ3v) is 6.55. The molecular formula is C22H36N2O3. The zero-order valence-corrected chi connectivity index (χ0v) is 17.5. The Morgan fingerprint density at radius 1 is 1.11 bits per heavy atom. The standard InChI is InChI=1S/C22H36N2O3/c1-16-10-11-22(19(25)23-18(16)17-8-6-5-7-9-17)12-14-24(15-13-22)20(26)27-21(2,3)4/h17H,5-15H2,1-4H3,(H,23,25). The number of nitrogens with zero attached hydrogens (tertiary/aromatic N) is 1. The van der Waals surface area contributed by atoms with E-state index >= 15 is 0 Å². The molecule has 2 amide bonds. The number of amides is 2. The van der Waals surface area contributed by atoms with E-state index in [1.807, 2.05) is 20.8 Å². The van der Waals surface area contributed by atoms with E-state index in [0.29, 0.717) is 19.0 Å². The molecule has 2 heterocycles. The number of carbonyl (C=O) groups excluding carboxylic acids is 2. The maximum atomic E-state index is 13.2. The average molecular weight is 377 g/mol. The molecule has 3 aliphatic rings. The second-order valence-electron chi connectivity index (χ2n) is 9.73. The molecule has 0 radical (unpaired) electrons. The van der Waals surface area contributed by atoms with Crippen LogP contribution in [0.4, 0.5) is 4.79 Å². The summed E-state index contributed by atoms with van der Waals surface area (Å²) >= 11 is 0. The van der Waals surface area contributed by atoms with E-state index in [2.05, 4.69) is 12.2 Å². The van der Waals surface area contributed by atoms with Gasteiger partial charge in [-0.3, -0.25) is 4.79 Å². The predicted octanol–water partition coefficient (Wildman–Crippen LogP) is 4.77.